The largest absolute Gasteiger partial charge is 0.465 e. The zero-order valence-corrected chi connectivity index (χ0v) is 12.3. The molecule has 0 saturated carbocycles. The Kier molecular flexibility index (Phi) is 9.65. The number of nitrogens with two attached hydrogens (primary N) is 1. The molecule has 1 atom stereocenters. The van der Waals surface area contributed by atoms with Gasteiger partial charge >= 0.3 is 5.97 Å². The molecule has 0 fully saturated rings. The monoisotopic (exact) mass is 261 g/mol. The van der Waals surface area contributed by atoms with Gasteiger partial charge in [-0.05, 0) is 44.6 Å². The maximum atomic E-state index is 11.5. The molecule has 0 aromatic rings. The summed E-state index contributed by atoms with van der Waals surface area (Å²) < 4.78 is 4.95. The average molecular weight is 261 g/mol. The summed E-state index contributed by atoms with van der Waals surface area (Å²) in [6.45, 7) is 6.17. The maximum absolute atomic E-state index is 11.5. The minimum absolute atomic E-state index is 0.281. The lowest BCUT2D eigenvalue weighted by Gasteiger charge is -2.21. The first kappa shape index (κ1) is 16.8. The van der Waals surface area contributed by atoms with Gasteiger partial charge in [0.15, 0.2) is 0 Å². The van der Waals surface area contributed by atoms with Crippen LogP contribution >= 0.6 is 11.8 Å². The van der Waals surface area contributed by atoms with E-state index >= 15 is 0 Å². The van der Waals surface area contributed by atoms with Crippen LogP contribution in [0.15, 0.2) is 0 Å². The molecule has 102 valence electrons. The van der Waals surface area contributed by atoms with E-state index in [2.05, 4.69) is 6.92 Å². The molecular weight excluding hydrogens is 234 g/mol. The molecule has 0 heterocycles. The van der Waals surface area contributed by atoms with E-state index in [1.807, 2.05) is 11.8 Å². The van der Waals surface area contributed by atoms with Crippen molar-refractivity contribution in [1.29, 1.82) is 0 Å². The van der Waals surface area contributed by atoms with Crippen molar-refractivity contribution in [2.24, 2.45) is 5.73 Å². The summed E-state index contributed by atoms with van der Waals surface area (Å²) in [5.74, 6) is 2.01. The standard InChI is InChI=1S/C13H27NO2S/c1-4-6-7-10-17-11-8-9-13(3,14)12(15)16-5-2/h4-11,14H2,1-3H3. The Labute approximate surface area is 110 Å². The quantitative estimate of drug-likeness (QED) is 0.485. The van der Waals surface area contributed by atoms with Crippen LogP contribution < -0.4 is 5.73 Å². The highest BCUT2D eigenvalue weighted by atomic mass is 32.2. The first-order valence-electron chi connectivity index (χ1n) is 6.58. The minimum atomic E-state index is -0.819. The van der Waals surface area contributed by atoms with E-state index in [0.717, 1.165) is 12.2 Å². The second-order valence-electron chi connectivity index (χ2n) is 4.56. The van der Waals surface area contributed by atoms with Crippen molar-refractivity contribution in [2.45, 2.75) is 58.4 Å². The van der Waals surface area contributed by atoms with Crippen molar-refractivity contribution in [3.63, 3.8) is 0 Å². The third-order valence-electron chi connectivity index (χ3n) is 2.62. The van der Waals surface area contributed by atoms with Crippen LogP contribution in [0.25, 0.3) is 0 Å². The fourth-order valence-corrected chi connectivity index (χ4v) is 2.46. The molecule has 0 radical (unpaired) electrons. The predicted molar refractivity (Wildman–Crippen MR) is 75.3 cm³/mol. The van der Waals surface area contributed by atoms with Crippen LogP contribution in [0.4, 0.5) is 0 Å². The van der Waals surface area contributed by atoms with Crippen molar-refractivity contribution >= 4 is 17.7 Å². The summed E-state index contributed by atoms with van der Waals surface area (Å²) in [5.41, 5.74) is 5.11. The molecule has 4 heteroatoms. The zero-order valence-electron chi connectivity index (χ0n) is 11.5. The third kappa shape index (κ3) is 8.50. The Bertz CT molecular complexity index is 208. The van der Waals surface area contributed by atoms with Crippen LogP contribution in [0.3, 0.4) is 0 Å². The highest BCUT2D eigenvalue weighted by Gasteiger charge is 2.28. The Hall–Kier alpha value is -0.220. The van der Waals surface area contributed by atoms with Crippen molar-refractivity contribution in [3.05, 3.63) is 0 Å². The van der Waals surface area contributed by atoms with Gasteiger partial charge in [0.1, 0.15) is 5.54 Å². The summed E-state index contributed by atoms with van der Waals surface area (Å²) in [5, 5.41) is 0. The summed E-state index contributed by atoms with van der Waals surface area (Å²) in [4.78, 5) is 11.5. The van der Waals surface area contributed by atoms with E-state index in [1.54, 1.807) is 13.8 Å². The van der Waals surface area contributed by atoms with E-state index in [9.17, 15) is 4.79 Å². The number of carbonyl (C=O) groups is 1. The van der Waals surface area contributed by atoms with Gasteiger partial charge in [0.25, 0.3) is 0 Å². The number of hydrogen-bond donors (Lipinski definition) is 1. The van der Waals surface area contributed by atoms with E-state index < -0.39 is 5.54 Å². The highest BCUT2D eigenvalue weighted by molar-refractivity contribution is 7.99. The van der Waals surface area contributed by atoms with Gasteiger partial charge in [0.2, 0.25) is 0 Å². The lowest BCUT2D eigenvalue weighted by Crippen LogP contribution is -2.46. The number of carbonyl (C=O) groups excluding carboxylic acids is 1. The van der Waals surface area contributed by atoms with Crippen LogP contribution in [-0.2, 0) is 9.53 Å². The van der Waals surface area contributed by atoms with E-state index in [0.29, 0.717) is 13.0 Å². The molecule has 0 saturated heterocycles. The smallest absolute Gasteiger partial charge is 0.325 e. The Morgan fingerprint density at radius 2 is 1.88 bits per heavy atom. The minimum Gasteiger partial charge on any atom is -0.465 e. The second-order valence-corrected chi connectivity index (χ2v) is 5.79. The zero-order chi connectivity index (χ0) is 13.1. The summed E-state index contributed by atoms with van der Waals surface area (Å²) >= 11 is 1.95. The normalized spacial score (nSPS) is 14.4. The number of esters is 1. The molecule has 0 aromatic heterocycles. The predicted octanol–water partition coefficient (Wildman–Crippen LogP) is 2.97. The molecule has 2 N–H and O–H groups in total. The fourth-order valence-electron chi connectivity index (χ4n) is 1.50. The van der Waals surface area contributed by atoms with Crippen molar-refractivity contribution in [1.82, 2.24) is 0 Å². The van der Waals surface area contributed by atoms with Gasteiger partial charge in [-0.2, -0.15) is 11.8 Å². The third-order valence-corrected chi connectivity index (χ3v) is 3.77. The van der Waals surface area contributed by atoms with Gasteiger partial charge in [0, 0.05) is 0 Å². The Balaban J connectivity index is 3.55. The molecule has 0 amide bonds. The van der Waals surface area contributed by atoms with Gasteiger partial charge in [-0.3, -0.25) is 4.79 Å². The van der Waals surface area contributed by atoms with E-state index in [4.69, 9.17) is 10.5 Å². The summed E-state index contributed by atoms with van der Waals surface area (Å²) in [6, 6.07) is 0. The van der Waals surface area contributed by atoms with Gasteiger partial charge in [-0.1, -0.05) is 19.8 Å². The molecule has 0 aliphatic heterocycles. The van der Waals surface area contributed by atoms with E-state index in [1.165, 1.54) is 25.0 Å². The van der Waals surface area contributed by atoms with Crippen LogP contribution in [-0.4, -0.2) is 29.6 Å². The van der Waals surface area contributed by atoms with Crippen LogP contribution in [0, 0.1) is 0 Å². The number of ether oxygens (including phenoxy) is 1. The second kappa shape index (κ2) is 9.77. The number of thioether (sulfide) groups is 1. The average Bonchev–Trinajstić information content (AvgIpc) is 2.28. The van der Waals surface area contributed by atoms with Crippen molar-refractivity contribution in [2.75, 3.05) is 18.1 Å². The van der Waals surface area contributed by atoms with Crippen molar-refractivity contribution in [3.8, 4) is 0 Å². The first-order valence-corrected chi connectivity index (χ1v) is 7.74. The van der Waals surface area contributed by atoms with Gasteiger partial charge in [-0.15, -0.1) is 0 Å². The number of rotatable bonds is 10. The van der Waals surface area contributed by atoms with Gasteiger partial charge in [-0.25, -0.2) is 0 Å². The van der Waals surface area contributed by atoms with Crippen LogP contribution in [0.1, 0.15) is 52.9 Å². The molecule has 0 aliphatic rings. The maximum Gasteiger partial charge on any atom is 0.325 e. The topological polar surface area (TPSA) is 52.3 Å². The molecule has 0 aromatic carbocycles. The van der Waals surface area contributed by atoms with Gasteiger partial charge < -0.3 is 10.5 Å². The Morgan fingerprint density at radius 1 is 1.24 bits per heavy atom. The lowest BCUT2D eigenvalue weighted by atomic mass is 9.98. The molecule has 0 spiro atoms. The molecular formula is C13H27NO2S. The highest BCUT2D eigenvalue weighted by Crippen LogP contribution is 2.15. The fraction of sp³-hybridized carbons (Fsp3) is 0.923. The van der Waals surface area contributed by atoms with Crippen molar-refractivity contribution < 1.29 is 9.53 Å². The lowest BCUT2D eigenvalue weighted by molar-refractivity contribution is -0.149. The number of unbranched alkanes of at least 4 members (excludes halogenated alkanes) is 2. The number of hydrogen-bond acceptors (Lipinski definition) is 4. The summed E-state index contributed by atoms with van der Waals surface area (Å²) in [6.07, 6.45) is 5.54. The molecule has 17 heavy (non-hydrogen) atoms. The first-order chi connectivity index (χ1) is 8.04. The Morgan fingerprint density at radius 3 is 2.47 bits per heavy atom. The molecule has 0 aliphatic carbocycles. The summed E-state index contributed by atoms with van der Waals surface area (Å²) in [7, 11) is 0. The van der Waals surface area contributed by atoms with Crippen LogP contribution in [0.5, 0.6) is 0 Å². The molecule has 1 unspecified atom stereocenters. The van der Waals surface area contributed by atoms with Gasteiger partial charge in [0.05, 0.1) is 6.61 Å². The molecule has 0 bridgehead atoms. The molecule has 0 rings (SSSR count). The molecule has 3 nitrogen and oxygen atoms in total. The SMILES string of the molecule is CCCCCSCCCC(C)(N)C(=O)OCC. The van der Waals surface area contributed by atoms with Crippen LogP contribution in [0.2, 0.25) is 0 Å². The van der Waals surface area contributed by atoms with E-state index in [-0.39, 0.29) is 5.97 Å².